The average Bonchev–Trinajstić information content (AvgIpc) is 2.76. The van der Waals surface area contributed by atoms with Gasteiger partial charge in [0.2, 0.25) is 5.95 Å². The molecule has 0 aromatic carbocycles. The van der Waals surface area contributed by atoms with E-state index in [9.17, 15) is 9.59 Å². The van der Waals surface area contributed by atoms with Crippen molar-refractivity contribution < 1.29 is 9.59 Å². The normalized spacial score (nSPS) is 20.4. The molecule has 0 unspecified atom stereocenters. The standard InChI is InChI=1S/C22H35N5O2/c28-20(25-19-11-8-6-4-2-1-3-5-7-9-12-19)21(29)26-15-17-27(18-16-26)22-23-13-10-14-24-22/h10,13-14,19H,1-9,11-12,15-18H2,(H,25,28). The number of amides is 2. The summed E-state index contributed by atoms with van der Waals surface area (Å²) in [6.45, 7) is 2.34. The highest BCUT2D eigenvalue weighted by Crippen LogP contribution is 2.17. The number of carbonyl (C=O) groups excluding carboxylic acids is 2. The molecule has 7 nitrogen and oxygen atoms in total. The van der Waals surface area contributed by atoms with Crippen LogP contribution in [-0.2, 0) is 9.59 Å². The average molecular weight is 402 g/mol. The molecule has 2 fully saturated rings. The van der Waals surface area contributed by atoms with E-state index in [2.05, 4.69) is 20.2 Å². The largest absolute Gasteiger partial charge is 0.345 e. The minimum Gasteiger partial charge on any atom is -0.345 e. The monoisotopic (exact) mass is 401 g/mol. The van der Waals surface area contributed by atoms with Gasteiger partial charge in [-0.3, -0.25) is 9.59 Å². The number of anilines is 1. The topological polar surface area (TPSA) is 78.4 Å². The lowest BCUT2D eigenvalue weighted by atomic mass is 9.98. The van der Waals surface area contributed by atoms with Gasteiger partial charge in [0.05, 0.1) is 0 Å². The van der Waals surface area contributed by atoms with Gasteiger partial charge in [-0.15, -0.1) is 0 Å². The zero-order chi connectivity index (χ0) is 20.3. The van der Waals surface area contributed by atoms with E-state index in [1.807, 2.05) is 0 Å². The fraction of sp³-hybridized carbons (Fsp3) is 0.727. The Labute approximate surface area is 174 Å². The van der Waals surface area contributed by atoms with Gasteiger partial charge in [-0.25, -0.2) is 9.97 Å². The van der Waals surface area contributed by atoms with Gasteiger partial charge in [-0.2, -0.15) is 0 Å². The van der Waals surface area contributed by atoms with Crippen molar-refractivity contribution in [1.29, 1.82) is 0 Å². The highest BCUT2D eigenvalue weighted by Gasteiger charge is 2.28. The number of carbonyl (C=O) groups is 2. The summed E-state index contributed by atoms with van der Waals surface area (Å²) in [4.78, 5) is 37.5. The van der Waals surface area contributed by atoms with Crippen LogP contribution in [0.3, 0.4) is 0 Å². The SMILES string of the molecule is O=C(NC1CCCCCCCCCCC1)C(=O)N1CCN(c2ncccn2)CC1. The molecule has 2 heterocycles. The Balaban J connectivity index is 1.45. The van der Waals surface area contributed by atoms with Crippen LogP contribution < -0.4 is 10.2 Å². The van der Waals surface area contributed by atoms with Crippen molar-refractivity contribution in [3.63, 3.8) is 0 Å². The van der Waals surface area contributed by atoms with Crippen LogP contribution >= 0.6 is 0 Å². The molecule has 2 aliphatic rings. The fourth-order valence-electron chi connectivity index (χ4n) is 4.26. The van der Waals surface area contributed by atoms with E-state index in [1.54, 1.807) is 23.4 Å². The fourth-order valence-corrected chi connectivity index (χ4v) is 4.26. The third-order valence-corrected chi connectivity index (χ3v) is 6.04. The molecule has 1 N–H and O–H groups in total. The lowest BCUT2D eigenvalue weighted by Crippen LogP contribution is -2.54. The molecule has 1 saturated heterocycles. The van der Waals surface area contributed by atoms with Gasteiger partial charge in [0.15, 0.2) is 0 Å². The summed E-state index contributed by atoms with van der Waals surface area (Å²) in [6, 6.07) is 1.92. The number of piperazine rings is 1. The van der Waals surface area contributed by atoms with Crippen LogP contribution in [0, 0.1) is 0 Å². The maximum atomic E-state index is 12.7. The Hall–Kier alpha value is -2.18. The van der Waals surface area contributed by atoms with Crippen LogP contribution in [0.25, 0.3) is 0 Å². The highest BCUT2D eigenvalue weighted by molar-refractivity contribution is 6.35. The summed E-state index contributed by atoms with van der Waals surface area (Å²) < 4.78 is 0. The first-order chi connectivity index (χ1) is 14.2. The lowest BCUT2D eigenvalue weighted by molar-refractivity contribution is -0.146. The van der Waals surface area contributed by atoms with Crippen LogP contribution in [0.15, 0.2) is 18.5 Å². The smallest absolute Gasteiger partial charge is 0.312 e. The van der Waals surface area contributed by atoms with E-state index in [1.165, 1.54) is 44.9 Å². The van der Waals surface area contributed by atoms with Crippen LogP contribution in [0.2, 0.25) is 0 Å². The summed E-state index contributed by atoms with van der Waals surface area (Å²) in [5, 5.41) is 3.04. The molecule has 7 heteroatoms. The molecule has 1 aromatic heterocycles. The number of hydrogen-bond donors (Lipinski definition) is 1. The van der Waals surface area contributed by atoms with Crippen molar-refractivity contribution in [3.8, 4) is 0 Å². The van der Waals surface area contributed by atoms with Crippen molar-refractivity contribution in [2.45, 2.75) is 76.7 Å². The first-order valence-corrected chi connectivity index (χ1v) is 11.4. The molecule has 2 amide bonds. The second kappa shape index (κ2) is 11.7. The predicted octanol–water partition coefficient (Wildman–Crippen LogP) is 2.91. The molecule has 0 bridgehead atoms. The summed E-state index contributed by atoms with van der Waals surface area (Å²) in [5.41, 5.74) is 0. The molecule has 3 rings (SSSR count). The number of hydrogen-bond acceptors (Lipinski definition) is 5. The van der Waals surface area contributed by atoms with Crippen molar-refractivity contribution in [2.75, 3.05) is 31.1 Å². The zero-order valence-corrected chi connectivity index (χ0v) is 17.5. The van der Waals surface area contributed by atoms with E-state index in [4.69, 9.17) is 0 Å². The zero-order valence-electron chi connectivity index (χ0n) is 17.5. The minimum absolute atomic E-state index is 0.130. The first kappa shape index (κ1) is 21.5. The van der Waals surface area contributed by atoms with Crippen molar-refractivity contribution in [1.82, 2.24) is 20.2 Å². The maximum Gasteiger partial charge on any atom is 0.312 e. The number of rotatable bonds is 2. The molecule has 1 aliphatic carbocycles. The van der Waals surface area contributed by atoms with Crippen LogP contribution in [-0.4, -0.2) is 58.9 Å². The summed E-state index contributed by atoms with van der Waals surface area (Å²) in [5.74, 6) is -0.159. The Morgan fingerprint density at radius 3 is 1.86 bits per heavy atom. The molecule has 29 heavy (non-hydrogen) atoms. The van der Waals surface area contributed by atoms with E-state index >= 15 is 0 Å². The van der Waals surface area contributed by atoms with Gasteiger partial charge in [0.25, 0.3) is 0 Å². The van der Waals surface area contributed by atoms with Crippen LogP contribution in [0.5, 0.6) is 0 Å². The highest BCUT2D eigenvalue weighted by atomic mass is 16.2. The first-order valence-electron chi connectivity index (χ1n) is 11.4. The third-order valence-electron chi connectivity index (χ3n) is 6.04. The Bertz CT molecular complexity index is 619. The number of aromatic nitrogens is 2. The molecule has 0 spiro atoms. The van der Waals surface area contributed by atoms with Gasteiger partial charge >= 0.3 is 11.8 Å². The van der Waals surface area contributed by atoms with Gasteiger partial charge in [-0.05, 0) is 18.9 Å². The molecule has 1 aliphatic heterocycles. The van der Waals surface area contributed by atoms with Gasteiger partial charge in [0, 0.05) is 44.6 Å². The predicted molar refractivity (Wildman–Crippen MR) is 114 cm³/mol. The number of nitrogens with zero attached hydrogens (tertiary/aromatic N) is 4. The van der Waals surface area contributed by atoms with Crippen LogP contribution in [0.4, 0.5) is 5.95 Å². The maximum absolute atomic E-state index is 12.7. The van der Waals surface area contributed by atoms with E-state index < -0.39 is 11.8 Å². The van der Waals surface area contributed by atoms with Gasteiger partial charge in [0.1, 0.15) is 0 Å². The number of nitrogens with one attached hydrogen (secondary N) is 1. The van der Waals surface area contributed by atoms with E-state index in [-0.39, 0.29) is 6.04 Å². The van der Waals surface area contributed by atoms with E-state index in [0.717, 1.165) is 25.7 Å². The van der Waals surface area contributed by atoms with Crippen molar-refractivity contribution >= 4 is 17.8 Å². The van der Waals surface area contributed by atoms with Crippen LogP contribution in [0.1, 0.15) is 70.6 Å². The second-order valence-electron chi connectivity index (χ2n) is 8.26. The molecule has 1 aromatic rings. The summed E-state index contributed by atoms with van der Waals surface area (Å²) in [6.07, 6.45) is 16.7. The molecule has 0 atom stereocenters. The summed E-state index contributed by atoms with van der Waals surface area (Å²) >= 11 is 0. The Kier molecular flexibility index (Phi) is 8.71. The molecular weight excluding hydrogens is 366 g/mol. The summed E-state index contributed by atoms with van der Waals surface area (Å²) in [7, 11) is 0. The van der Waals surface area contributed by atoms with Gasteiger partial charge < -0.3 is 15.1 Å². The molecular formula is C22H35N5O2. The van der Waals surface area contributed by atoms with E-state index in [0.29, 0.717) is 32.1 Å². The molecule has 1 saturated carbocycles. The molecule has 160 valence electrons. The van der Waals surface area contributed by atoms with Crippen molar-refractivity contribution in [3.05, 3.63) is 18.5 Å². The second-order valence-corrected chi connectivity index (χ2v) is 8.26. The Morgan fingerprint density at radius 2 is 1.31 bits per heavy atom. The van der Waals surface area contributed by atoms with Crippen molar-refractivity contribution in [2.24, 2.45) is 0 Å². The molecule has 0 radical (unpaired) electrons. The lowest BCUT2D eigenvalue weighted by Gasteiger charge is -2.34. The third kappa shape index (κ3) is 6.98. The quantitative estimate of drug-likeness (QED) is 0.771. The van der Waals surface area contributed by atoms with Gasteiger partial charge in [-0.1, -0.05) is 57.8 Å². The minimum atomic E-state index is -0.438. The Morgan fingerprint density at radius 1 is 0.793 bits per heavy atom.